The van der Waals surface area contributed by atoms with E-state index in [0.717, 1.165) is 16.8 Å². The quantitative estimate of drug-likeness (QED) is 0.843. The number of nitrogens with one attached hydrogen (secondary N) is 1. The van der Waals surface area contributed by atoms with Crippen molar-refractivity contribution < 1.29 is 0 Å². The number of hydrogen-bond acceptors (Lipinski definition) is 4. The maximum absolute atomic E-state index is 8.89. The minimum Gasteiger partial charge on any atom is -0.396 e. The van der Waals surface area contributed by atoms with E-state index in [2.05, 4.69) is 16.4 Å². The summed E-state index contributed by atoms with van der Waals surface area (Å²) in [6.45, 7) is 3.91. The highest BCUT2D eigenvalue weighted by Gasteiger charge is 2.05. The van der Waals surface area contributed by atoms with Crippen LogP contribution in [-0.2, 0) is 0 Å². The van der Waals surface area contributed by atoms with Crippen molar-refractivity contribution in [2.45, 2.75) is 13.8 Å². The Morgan fingerprint density at radius 3 is 2.72 bits per heavy atom. The number of nitrogens with two attached hydrogens (primary N) is 1. The molecule has 0 saturated carbocycles. The molecule has 0 aliphatic carbocycles. The van der Waals surface area contributed by atoms with Crippen molar-refractivity contribution in [2.75, 3.05) is 11.1 Å². The lowest BCUT2D eigenvalue weighted by molar-refractivity contribution is 1.25. The number of aromatic nitrogens is 1. The van der Waals surface area contributed by atoms with Gasteiger partial charge in [0.05, 0.1) is 17.3 Å². The van der Waals surface area contributed by atoms with Crippen molar-refractivity contribution in [3.63, 3.8) is 0 Å². The summed E-state index contributed by atoms with van der Waals surface area (Å²) in [6, 6.07) is 9.44. The minimum absolute atomic E-state index is 0.594. The van der Waals surface area contributed by atoms with Gasteiger partial charge in [0.15, 0.2) is 5.82 Å². The summed E-state index contributed by atoms with van der Waals surface area (Å²) < 4.78 is 0. The van der Waals surface area contributed by atoms with E-state index in [1.807, 2.05) is 26.0 Å². The van der Waals surface area contributed by atoms with Gasteiger partial charge in [-0.3, -0.25) is 0 Å². The number of anilines is 3. The van der Waals surface area contributed by atoms with E-state index in [1.54, 1.807) is 18.3 Å². The van der Waals surface area contributed by atoms with Gasteiger partial charge in [-0.15, -0.1) is 0 Å². The molecule has 0 unspecified atom stereocenters. The molecule has 1 aromatic carbocycles. The van der Waals surface area contributed by atoms with Gasteiger partial charge >= 0.3 is 0 Å². The molecule has 2 aromatic rings. The van der Waals surface area contributed by atoms with Crippen LogP contribution in [0.4, 0.5) is 17.2 Å². The molecule has 2 rings (SSSR count). The molecule has 0 aliphatic heterocycles. The summed E-state index contributed by atoms with van der Waals surface area (Å²) in [7, 11) is 0. The number of nitrogens with zero attached hydrogens (tertiary/aromatic N) is 2. The Labute approximate surface area is 106 Å². The molecule has 0 spiro atoms. The third-order valence-electron chi connectivity index (χ3n) is 2.67. The van der Waals surface area contributed by atoms with Crippen molar-refractivity contribution in [1.82, 2.24) is 4.98 Å². The van der Waals surface area contributed by atoms with Crippen molar-refractivity contribution >= 4 is 17.2 Å². The van der Waals surface area contributed by atoms with Gasteiger partial charge < -0.3 is 11.1 Å². The second-order valence-electron chi connectivity index (χ2n) is 4.22. The molecule has 0 amide bonds. The van der Waals surface area contributed by atoms with Gasteiger partial charge in [-0.25, -0.2) is 4.98 Å². The van der Waals surface area contributed by atoms with Crippen LogP contribution in [0, 0.1) is 25.2 Å². The molecule has 0 atom stereocenters. The molecule has 90 valence electrons. The van der Waals surface area contributed by atoms with E-state index in [-0.39, 0.29) is 0 Å². The van der Waals surface area contributed by atoms with Crippen LogP contribution < -0.4 is 11.1 Å². The minimum atomic E-state index is 0.594. The smallest absolute Gasteiger partial charge is 0.153 e. The Morgan fingerprint density at radius 1 is 1.28 bits per heavy atom. The van der Waals surface area contributed by atoms with E-state index >= 15 is 0 Å². The predicted octanol–water partition coefficient (Wildman–Crippen LogP) is 2.90. The second-order valence-corrected chi connectivity index (χ2v) is 4.22. The van der Waals surface area contributed by atoms with Crippen LogP contribution in [0.15, 0.2) is 30.5 Å². The van der Waals surface area contributed by atoms with Crippen LogP contribution in [0.1, 0.15) is 16.7 Å². The SMILES string of the molecule is Cc1cnc(Nc2cc(C#N)ccc2C)c(N)c1. The number of nitrogen functional groups attached to an aromatic ring is 1. The van der Waals surface area contributed by atoms with Gasteiger partial charge in [-0.1, -0.05) is 6.07 Å². The molecule has 0 radical (unpaired) electrons. The lowest BCUT2D eigenvalue weighted by Crippen LogP contribution is -2.01. The lowest BCUT2D eigenvalue weighted by Gasteiger charge is -2.11. The molecule has 0 saturated heterocycles. The van der Waals surface area contributed by atoms with Crippen molar-refractivity contribution in [2.24, 2.45) is 0 Å². The van der Waals surface area contributed by atoms with Gasteiger partial charge in [-0.2, -0.15) is 5.26 Å². The van der Waals surface area contributed by atoms with Gasteiger partial charge in [0, 0.05) is 11.9 Å². The molecule has 18 heavy (non-hydrogen) atoms. The second kappa shape index (κ2) is 4.76. The molecule has 0 bridgehead atoms. The van der Waals surface area contributed by atoms with Gasteiger partial charge in [0.1, 0.15) is 0 Å². The Bertz CT molecular complexity index is 626. The maximum Gasteiger partial charge on any atom is 0.153 e. The number of rotatable bonds is 2. The average Bonchev–Trinajstić information content (AvgIpc) is 2.35. The van der Waals surface area contributed by atoms with E-state index in [1.165, 1.54) is 0 Å². The van der Waals surface area contributed by atoms with Gasteiger partial charge in [0.25, 0.3) is 0 Å². The Hall–Kier alpha value is -2.54. The molecule has 0 fully saturated rings. The van der Waals surface area contributed by atoms with Crippen LogP contribution in [-0.4, -0.2) is 4.98 Å². The first-order valence-electron chi connectivity index (χ1n) is 5.60. The third-order valence-corrected chi connectivity index (χ3v) is 2.67. The molecule has 1 aromatic heterocycles. The highest BCUT2D eigenvalue weighted by atomic mass is 15.0. The first-order valence-corrected chi connectivity index (χ1v) is 5.60. The van der Waals surface area contributed by atoms with E-state index < -0.39 is 0 Å². The zero-order chi connectivity index (χ0) is 13.1. The highest BCUT2D eigenvalue weighted by Crippen LogP contribution is 2.24. The Morgan fingerprint density at radius 2 is 2.06 bits per heavy atom. The van der Waals surface area contributed by atoms with Gasteiger partial charge in [-0.05, 0) is 43.2 Å². The first kappa shape index (κ1) is 11.9. The molecule has 4 heteroatoms. The molecule has 1 heterocycles. The van der Waals surface area contributed by atoms with E-state index in [0.29, 0.717) is 17.1 Å². The summed E-state index contributed by atoms with van der Waals surface area (Å²) in [4.78, 5) is 4.25. The van der Waals surface area contributed by atoms with E-state index in [9.17, 15) is 0 Å². The summed E-state index contributed by atoms with van der Waals surface area (Å²) in [6.07, 6.45) is 1.75. The average molecular weight is 238 g/mol. The monoisotopic (exact) mass is 238 g/mol. The number of hydrogen-bond donors (Lipinski definition) is 2. The summed E-state index contributed by atoms with van der Waals surface area (Å²) >= 11 is 0. The topological polar surface area (TPSA) is 74.7 Å². The standard InChI is InChI=1S/C14H14N4/c1-9-5-12(16)14(17-8-9)18-13-6-11(7-15)4-3-10(13)2/h3-6,8H,16H2,1-2H3,(H,17,18). The number of benzene rings is 1. The van der Waals surface area contributed by atoms with Gasteiger partial charge in [0.2, 0.25) is 0 Å². The molecule has 0 aliphatic rings. The van der Waals surface area contributed by atoms with Crippen LogP contribution in [0.25, 0.3) is 0 Å². The summed E-state index contributed by atoms with van der Waals surface area (Å²) in [5, 5.41) is 12.0. The zero-order valence-corrected chi connectivity index (χ0v) is 10.4. The third kappa shape index (κ3) is 2.41. The Balaban J connectivity index is 2.37. The molecule has 4 nitrogen and oxygen atoms in total. The predicted molar refractivity (Wildman–Crippen MR) is 72.6 cm³/mol. The van der Waals surface area contributed by atoms with Crippen LogP contribution >= 0.6 is 0 Å². The largest absolute Gasteiger partial charge is 0.396 e. The lowest BCUT2D eigenvalue weighted by atomic mass is 10.1. The molecular formula is C14H14N4. The van der Waals surface area contributed by atoms with E-state index in [4.69, 9.17) is 11.0 Å². The van der Waals surface area contributed by atoms with Crippen molar-refractivity contribution in [3.8, 4) is 6.07 Å². The maximum atomic E-state index is 8.89. The fourth-order valence-electron chi connectivity index (χ4n) is 1.65. The van der Waals surface area contributed by atoms with Crippen molar-refractivity contribution in [3.05, 3.63) is 47.2 Å². The number of aryl methyl sites for hydroxylation is 2. The fraction of sp³-hybridized carbons (Fsp3) is 0.143. The van der Waals surface area contributed by atoms with Crippen LogP contribution in [0.5, 0.6) is 0 Å². The number of pyridine rings is 1. The normalized spacial score (nSPS) is 9.83. The zero-order valence-electron chi connectivity index (χ0n) is 10.4. The van der Waals surface area contributed by atoms with Crippen LogP contribution in [0.2, 0.25) is 0 Å². The van der Waals surface area contributed by atoms with Crippen LogP contribution in [0.3, 0.4) is 0 Å². The number of nitriles is 1. The summed E-state index contributed by atoms with van der Waals surface area (Å²) in [5.74, 6) is 0.610. The first-order chi connectivity index (χ1) is 8.60. The highest BCUT2D eigenvalue weighted by molar-refractivity contribution is 5.71. The molecule has 3 N–H and O–H groups in total. The Kier molecular flexibility index (Phi) is 3.16. The summed E-state index contributed by atoms with van der Waals surface area (Å²) in [5.41, 5.74) is 10.00. The van der Waals surface area contributed by atoms with Crippen molar-refractivity contribution in [1.29, 1.82) is 5.26 Å². The molecular weight excluding hydrogens is 224 g/mol. The fourth-order valence-corrected chi connectivity index (χ4v) is 1.65.